The van der Waals surface area contributed by atoms with Gasteiger partial charge in [-0.05, 0) is 57.5 Å². The highest BCUT2D eigenvalue weighted by Crippen LogP contribution is 2.16. The van der Waals surface area contributed by atoms with E-state index in [2.05, 4.69) is 15.9 Å². The second-order valence-corrected chi connectivity index (χ2v) is 6.81. The smallest absolute Gasteiger partial charge is 0.185 e. The first-order valence-corrected chi connectivity index (χ1v) is 8.78. The van der Waals surface area contributed by atoms with Crippen molar-refractivity contribution in [2.45, 2.75) is 6.54 Å². The molecule has 0 aliphatic heterocycles. The third-order valence-corrected chi connectivity index (χ3v) is 3.88. The van der Waals surface area contributed by atoms with Gasteiger partial charge >= 0.3 is 0 Å². The number of allylic oxidation sites excluding steroid dienone is 1. The topological polar surface area (TPSA) is 32.8 Å². The van der Waals surface area contributed by atoms with Crippen LogP contribution in [0.2, 0.25) is 0 Å². The molecule has 138 valence electrons. The van der Waals surface area contributed by atoms with Crippen LogP contribution in [0.3, 0.4) is 0 Å². The highest BCUT2D eigenvalue weighted by Gasteiger charge is 2.05. The van der Waals surface area contributed by atoms with Crippen LogP contribution in [-0.2, 0) is 6.54 Å². The van der Waals surface area contributed by atoms with E-state index < -0.39 is 0 Å². The Kier molecular flexibility index (Phi) is 7.57. The third-order valence-electron chi connectivity index (χ3n) is 3.88. The van der Waals surface area contributed by atoms with Crippen LogP contribution in [-0.4, -0.2) is 56.9 Å². The molecule has 0 bridgehead atoms. The highest BCUT2D eigenvalue weighted by molar-refractivity contribution is 6.07. The molecule has 26 heavy (non-hydrogen) atoms. The van der Waals surface area contributed by atoms with Crippen molar-refractivity contribution < 1.29 is 9.53 Å². The van der Waals surface area contributed by atoms with E-state index in [1.165, 1.54) is 5.56 Å². The second kappa shape index (κ2) is 9.90. The quantitative estimate of drug-likeness (QED) is 0.510. The molecule has 2 aromatic rings. The molecule has 0 spiro atoms. The number of nitrogens with zero attached hydrogens (tertiary/aromatic N) is 2. The lowest BCUT2D eigenvalue weighted by Gasteiger charge is -2.12. The number of ketones is 1. The van der Waals surface area contributed by atoms with E-state index in [4.69, 9.17) is 4.74 Å². The maximum atomic E-state index is 12.5. The van der Waals surface area contributed by atoms with Gasteiger partial charge in [-0.25, -0.2) is 0 Å². The summed E-state index contributed by atoms with van der Waals surface area (Å²) in [6.45, 7) is 2.27. The summed E-state index contributed by atoms with van der Waals surface area (Å²) in [6.07, 6.45) is 3.52. The molecular weight excluding hydrogens is 324 g/mol. The van der Waals surface area contributed by atoms with Gasteiger partial charge in [0.15, 0.2) is 5.78 Å². The number of benzene rings is 2. The fourth-order valence-corrected chi connectivity index (χ4v) is 2.53. The summed E-state index contributed by atoms with van der Waals surface area (Å²) in [7, 11) is 8.07. The van der Waals surface area contributed by atoms with Crippen LogP contribution < -0.4 is 4.74 Å². The average Bonchev–Trinajstić information content (AvgIpc) is 2.60. The van der Waals surface area contributed by atoms with Crippen molar-refractivity contribution in [1.29, 1.82) is 0 Å². The number of rotatable bonds is 9. The van der Waals surface area contributed by atoms with Gasteiger partial charge in [-0.3, -0.25) is 4.79 Å². The van der Waals surface area contributed by atoms with Crippen LogP contribution in [0.25, 0.3) is 6.08 Å². The van der Waals surface area contributed by atoms with Gasteiger partial charge in [-0.2, -0.15) is 0 Å². The van der Waals surface area contributed by atoms with Gasteiger partial charge in [0.25, 0.3) is 0 Å². The number of likely N-dealkylation sites (N-methyl/N-ethyl adjacent to an activating group) is 1. The van der Waals surface area contributed by atoms with Crippen molar-refractivity contribution in [2.75, 3.05) is 41.3 Å². The molecule has 0 amide bonds. The molecule has 0 fully saturated rings. The number of carbonyl (C=O) groups excluding carboxylic acids is 1. The van der Waals surface area contributed by atoms with Gasteiger partial charge in [0.05, 0.1) is 0 Å². The lowest BCUT2D eigenvalue weighted by Crippen LogP contribution is -2.19. The molecular formula is C22H28N2O2. The monoisotopic (exact) mass is 352 g/mol. The van der Waals surface area contributed by atoms with Crippen LogP contribution in [0.1, 0.15) is 21.5 Å². The van der Waals surface area contributed by atoms with Crippen molar-refractivity contribution >= 4 is 11.9 Å². The zero-order chi connectivity index (χ0) is 18.9. The molecule has 0 aliphatic carbocycles. The molecule has 0 N–H and O–H groups in total. The molecule has 0 saturated carbocycles. The Balaban J connectivity index is 2.07. The van der Waals surface area contributed by atoms with Crippen LogP contribution in [0.15, 0.2) is 54.6 Å². The van der Waals surface area contributed by atoms with Crippen molar-refractivity contribution in [2.24, 2.45) is 0 Å². The summed E-state index contributed by atoms with van der Waals surface area (Å²) >= 11 is 0. The predicted octanol–water partition coefficient (Wildman–Crippen LogP) is 3.58. The van der Waals surface area contributed by atoms with Crippen LogP contribution in [0.5, 0.6) is 5.75 Å². The van der Waals surface area contributed by atoms with E-state index in [1.807, 2.05) is 70.7 Å². The Bertz CT molecular complexity index is 751. The minimum Gasteiger partial charge on any atom is -0.492 e. The lowest BCUT2D eigenvalue weighted by atomic mass is 10.0. The minimum atomic E-state index is -0.0253. The maximum absolute atomic E-state index is 12.5. The molecule has 2 rings (SSSR count). The van der Waals surface area contributed by atoms with Crippen molar-refractivity contribution in [3.8, 4) is 5.75 Å². The minimum absolute atomic E-state index is 0.0253. The Labute approximate surface area is 156 Å². The first-order chi connectivity index (χ1) is 12.5. The van der Waals surface area contributed by atoms with E-state index in [0.717, 1.165) is 24.4 Å². The number of hydrogen-bond acceptors (Lipinski definition) is 4. The second-order valence-electron chi connectivity index (χ2n) is 6.81. The van der Waals surface area contributed by atoms with Crippen LogP contribution in [0.4, 0.5) is 0 Å². The van der Waals surface area contributed by atoms with Crippen molar-refractivity contribution in [1.82, 2.24) is 9.80 Å². The summed E-state index contributed by atoms with van der Waals surface area (Å²) in [5, 5.41) is 0. The molecule has 4 heteroatoms. The number of hydrogen-bond donors (Lipinski definition) is 0. The zero-order valence-electron chi connectivity index (χ0n) is 16.1. The third kappa shape index (κ3) is 6.47. The van der Waals surface area contributed by atoms with E-state index in [1.54, 1.807) is 12.1 Å². The van der Waals surface area contributed by atoms with Gasteiger partial charge < -0.3 is 14.5 Å². The van der Waals surface area contributed by atoms with Crippen LogP contribution in [0, 0.1) is 0 Å². The predicted molar refractivity (Wildman–Crippen MR) is 108 cm³/mol. The van der Waals surface area contributed by atoms with Crippen molar-refractivity contribution in [3.63, 3.8) is 0 Å². The Hall–Kier alpha value is -2.43. The normalized spacial score (nSPS) is 11.5. The molecule has 0 atom stereocenters. The molecule has 4 nitrogen and oxygen atoms in total. The van der Waals surface area contributed by atoms with Gasteiger partial charge in [0.1, 0.15) is 12.4 Å². The fourth-order valence-electron chi connectivity index (χ4n) is 2.53. The standard InChI is InChI=1S/C22H28N2O2/c1-23(2)14-15-26-21-11-7-10-19(16-21)22(25)13-12-18-8-5-6-9-20(18)17-24(3)4/h5-13,16H,14-15,17H2,1-4H3/b13-12+. The molecule has 0 saturated heterocycles. The first kappa shape index (κ1) is 19.9. The lowest BCUT2D eigenvalue weighted by molar-refractivity contribution is 0.104. The maximum Gasteiger partial charge on any atom is 0.185 e. The van der Waals surface area contributed by atoms with Crippen LogP contribution >= 0.6 is 0 Å². The first-order valence-electron chi connectivity index (χ1n) is 8.78. The Morgan fingerprint density at radius 1 is 1.00 bits per heavy atom. The van der Waals surface area contributed by atoms with Gasteiger partial charge in [-0.15, -0.1) is 0 Å². The Morgan fingerprint density at radius 2 is 1.77 bits per heavy atom. The van der Waals surface area contributed by atoms with Gasteiger partial charge in [0.2, 0.25) is 0 Å². The van der Waals surface area contributed by atoms with Crippen molar-refractivity contribution in [3.05, 3.63) is 71.3 Å². The molecule has 2 aromatic carbocycles. The van der Waals surface area contributed by atoms with E-state index in [9.17, 15) is 4.79 Å². The van der Waals surface area contributed by atoms with Gasteiger partial charge in [0, 0.05) is 18.7 Å². The summed E-state index contributed by atoms with van der Waals surface area (Å²) in [6, 6.07) is 15.5. The molecule has 0 aliphatic rings. The number of carbonyl (C=O) groups is 1. The summed E-state index contributed by atoms with van der Waals surface area (Å²) in [5.74, 6) is 0.696. The molecule has 0 radical (unpaired) electrons. The van der Waals surface area contributed by atoms with E-state index >= 15 is 0 Å². The average molecular weight is 352 g/mol. The SMILES string of the molecule is CN(C)CCOc1cccc(C(=O)/C=C/c2ccccc2CN(C)C)c1. The Morgan fingerprint density at radius 3 is 2.50 bits per heavy atom. The summed E-state index contributed by atoms with van der Waals surface area (Å²) < 4.78 is 5.71. The fraction of sp³-hybridized carbons (Fsp3) is 0.318. The number of ether oxygens (including phenoxy) is 1. The molecule has 0 unspecified atom stereocenters. The molecule has 0 heterocycles. The van der Waals surface area contributed by atoms with E-state index in [-0.39, 0.29) is 5.78 Å². The zero-order valence-corrected chi connectivity index (χ0v) is 16.1. The summed E-state index contributed by atoms with van der Waals surface area (Å²) in [5.41, 5.74) is 2.89. The van der Waals surface area contributed by atoms with Gasteiger partial charge in [-0.1, -0.05) is 42.5 Å². The molecule has 0 aromatic heterocycles. The van der Waals surface area contributed by atoms with E-state index in [0.29, 0.717) is 12.2 Å². The summed E-state index contributed by atoms with van der Waals surface area (Å²) in [4.78, 5) is 16.7. The largest absolute Gasteiger partial charge is 0.492 e. The highest BCUT2D eigenvalue weighted by atomic mass is 16.5.